The molecule has 0 saturated heterocycles. The van der Waals surface area contributed by atoms with Gasteiger partial charge in [-0.2, -0.15) is 0 Å². The summed E-state index contributed by atoms with van der Waals surface area (Å²) in [5.41, 5.74) is 2.12. The molecular weight excluding hydrogens is 515 g/mol. The molecule has 30 heavy (non-hydrogen) atoms. The van der Waals surface area contributed by atoms with Gasteiger partial charge in [0, 0.05) is 18.1 Å². The molecule has 8 heteroatoms. The molecular formula is C22H30ClIN4O2. The van der Waals surface area contributed by atoms with Crippen LogP contribution in [0.15, 0.2) is 53.5 Å². The number of nitrogens with zero attached hydrogens (tertiary/aromatic N) is 1. The van der Waals surface area contributed by atoms with E-state index in [0.29, 0.717) is 18.8 Å². The van der Waals surface area contributed by atoms with E-state index in [0.717, 1.165) is 28.7 Å². The Bertz CT molecular complexity index is 815. The normalized spacial score (nSPS) is 11.8. The number of carbonyl (C=O) groups excluding carboxylic acids is 1. The second kappa shape index (κ2) is 14.1. The number of amides is 1. The molecule has 2 aromatic rings. The van der Waals surface area contributed by atoms with Gasteiger partial charge in [0.2, 0.25) is 0 Å². The molecule has 0 fully saturated rings. The van der Waals surface area contributed by atoms with E-state index < -0.39 is 0 Å². The third kappa shape index (κ3) is 9.21. The van der Waals surface area contributed by atoms with Crippen LogP contribution in [0, 0.1) is 0 Å². The Labute approximate surface area is 200 Å². The maximum atomic E-state index is 11.5. The molecule has 0 saturated carbocycles. The van der Waals surface area contributed by atoms with Crippen molar-refractivity contribution in [2.24, 2.45) is 4.99 Å². The van der Waals surface area contributed by atoms with Crippen molar-refractivity contribution in [1.29, 1.82) is 0 Å². The first-order valence-electron chi connectivity index (χ1n) is 9.80. The largest absolute Gasteiger partial charge is 0.484 e. The third-order valence-electron chi connectivity index (χ3n) is 4.13. The van der Waals surface area contributed by atoms with E-state index in [1.165, 1.54) is 0 Å². The van der Waals surface area contributed by atoms with Gasteiger partial charge in [-0.3, -0.25) is 4.79 Å². The first kappa shape index (κ1) is 26.0. The number of halogens is 2. The lowest BCUT2D eigenvalue weighted by atomic mass is 10.1. The highest BCUT2D eigenvalue weighted by molar-refractivity contribution is 14.0. The summed E-state index contributed by atoms with van der Waals surface area (Å²) in [6, 6.07) is 15.4. The van der Waals surface area contributed by atoms with Gasteiger partial charge in [-0.25, -0.2) is 4.99 Å². The lowest BCUT2D eigenvalue weighted by molar-refractivity contribution is -0.122. The van der Waals surface area contributed by atoms with Gasteiger partial charge < -0.3 is 20.7 Å². The summed E-state index contributed by atoms with van der Waals surface area (Å²) in [6.45, 7) is 7.82. The lowest BCUT2D eigenvalue weighted by Gasteiger charge is -2.18. The fraction of sp³-hybridized carbons (Fsp3) is 0.364. The summed E-state index contributed by atoms with van der Waals surface area (Å²) in [6.07, 6.45) is 0. The molecule has 3 N–H and O–H groups in total. The van der Waals surface area contributed by atoms with Crippen LogP contribution in [0.1, 0.15) is 37.9 Å². The molecule has 2 rings (SSSR count). The smallest absolute Gasteiger partial charge is 0.257 e. The lowest BCUT2D eigenvalue weighted by Crippen LogP contribution is -2.38. The summed E-state index contributed by atoms with van der Waals surface area (Å²) < 4.78 is 5.54. The van der Waals surface area contributed by atoms with E-state index in [1.807, 2.05) is 62.4 Å². The van der Waals surface area contributed by atoms with E-state index in [2.05, 4.69) is 27.9 Å². The molecule has 0 aliphatic heterocycles. The zero-order valence-corrected chi connectivity index (χ0v) is 20.7. The van der Waals surface area contributed by atoms with E-state index in [9.17, 15) is 4.79 Å². The van der Waals surface area contributed by atoms with Crippen molar-refractivity contribution >= 4 is 47.4 Å². The number of rotatable bonds is 9. The summed E-state index contributed by atoms with van der Waals surface area (Å²) >= 11 is 5.97. The number of hydrogen-bond acceptors (Lipinski definition) is 3. The molecule has 0 bridgehead atoms. The number of nitrogens with one attached hydrogen (secondary N) is 3. The minimum absolute atomic E-state index is 0. The Hall–Kier alpha value is -2.00. The average molecular weight is 545 g/mol. The molecule has 2 aromatic carbocycles. The van der Waals surface area contributed by atoms with Gasteiger partial charge in [0.15, 0.2) is 12.6 Å². The van der Waals surface area contributed by atoms with Gasteiger partial charge in [0.25, 0.3) is 5.91 Å². The molecule has 0 radical (unpaired) electrons. The average Bonchev–Trinajstić information content (AvgIpc) is 2.71. The fourth-order valence-electron chi connectivity index (χ4n) is 2.66. The van der Waals surface area contributed by atoms with Crippen LogP contribution in [-0.4, -0.2) is 31.6 Å². The minimum atomic E-state index is -0.134. The maximum absolute atomic E-state index is 11.5. The standard InChI is InChI=1S/C22H29ClN4O2.HI/c1-4-24-21(28)15-29-20-8-6-7-17(13-20)14-26-22(25-5-2)27-16(3)18-9-11-19(23)12-10-18;/h6-13,16H,4-5,14-15H2,1-3H3,(H,24,28)(H2,25,26,27);1H. The predicted molar refractivity (Wildman–Crippen MR) is 134 cm³/mol. The minimum Gasteiger partial charge on any atom is -0.484 e. The highest BCUT2D eigenvalue weighted by atomic mass is 127. The van der Waals surface area contributed by atoms with E-state index >= 15 is 0 Å². The van der Waals surface area contributed by atoms with Gasteiger partial charge >= 0.3 is 0 Å². The van der Waals surface area contributed by atoms with Crippen LogP contribution in [0.3, 0.4) is 0 Å². The second-order valence-corrected chi connectivity index (χ2v) is 6.94. The zero-order valence-electron chi connectivity index (χ0n) is 17.6. The quantitative estimate of drug-likeness (QED) is 0.250. The molecule has 6 nitrogen and oxygen atoms in total. The first-order valence-corrected chi connectivity index (χ1v) is 10.2. The Balaban J connectivity index is 0.00000450. The van der Waals surface area contributed by atoms with Crippen LogP contribution in [0.2, 0.25) is 5.02 Å². The number of hydrogen-bond donors (Lipinski definition) is 3. The summed E-state index contributed by atoms with van der Waals surface area (Å²) in [5, 5.41) is 10.1. The number of benzene rings is 2. The van der Waals surface area contributed by atoms with Crippen molar-refractivity contribution in [3.8, 4) is 5.75 Å². The van der Waals surface area contributed by atoms with Crippen molar-refractivity contribution in [2.45, 2.75) is 33.4 Å². The van der Waals surface area contributed by atoms with Crippen molar-refractivity contribution in [1.82, 2.24) is 16.0 Å². The number of aliphatic imine (C=N–C) groups is 1. The van der Waals surface area contributed by atoms with Gasteiger partial charge in [0.1, 0.15) is 5.75 Å². The molecule has 1 atom stereocenters. The molecule has 0 heterocycles. The highest BCUT2D eigenvalue weighted by Crippen LogP contribution is 2.16. The van der Waals surface area contributed by atoms with Gasteiger partial charge in [-0.05, 0) is 56.2 Å². The van der Waals surface area contributed by atoms with Crippen molar-refractivity contribution in [3.05, 3.63) is 64.7 Å². The summed E-state index contributed by atoms with van der Waals surface area (Å²) in [4.78, 5) is 16.2. The van der Waals surface area contributed by atoms with Crippen LogP contribution in [0.4, 0.5) is 0 Å². The first-order chi connectivity index (χ1) is 14.0. The zero-order chi connectivity index (χ0) is 21.1. The van der Waals surface area contributed by atoms with Gasteiger partial charge in [0.05, 0.1) is 12.6 Å². The van der Waals surface area contributed by atoms with E-state index in [4.69, 9.17) is 16.3 Å². The van der Waals surface area contributed by atoms with Crippen molar-refractivity contribution in [2.75, 3.05) is 19.7 Å². The van der Waals surface area contributed by atoms with E-state index in [1.54, 1.807) is 0 Å². The summed E-state index contributed by atoms with van der Waals surface area (Å²) in [5.74, 6) is 1.24. The summed E-state index contributed by atoms with van der Waals surface area (Å²) in [7, 11) is 0. The molecule has 0 aliphatic carbocycles. The SMILES string of the molecule is CCNC(=O)COc1cccc(CN=C(NCC)NC(C)c2ccc(Cl)cc2)c1.I. The van der Waals surface area contributed by atoms with Crippen molar-refractivity contribution in [3.63, 3.8) is 0 Å². The number of guanidine groups is 1. The molecule has 0 aliphatic rings. The van der Waals surface area contributed by atoms with E-state index in [-0.39, 0.29) is 42.5 Å². The Morgan fingerprint density at radius 1 is 1.10 bits per heavy atom. The molecule has 1 unspecified atom stereocenters. The van der Waals surface area contributed by atoms with Crippen LogP contribution >= 0.6 is 35.6 Å². The Morgan fingerprint density at radius 3 is 2.47 bits per heavy atom. The topological polar surface area (TPSA) is 74.8 Å². The molecule has 0 spiro atoms. The van der Waals surface area contributed by atoms with Crippen LogP contribution in [0.25, 0.3) is 0 Å². The Morgan fingerprint density at radius 2 is 1.80 bits per heavy atom. The van der Waals surface area contributed by atoms with Crippen LogP contribution in [0.5, 0.6) is 5.75 Å². The Kier molecular flexibility index (Phi) is 12.2. The molecule has 0 aromatic heterocycles. The maximum Gasteiger partial charge on any atom is 0.257 e. The number of likely N-dealkylation sites (N-methyl/N-ethyl adjacent to an activating group) is 1. The van der Waals surface area contributed by atoms with Crippen LogP contribution < -0.4 is 20.7 Å². The third-order valence-corrected chi connectivity index (χ3v) is 4.38. The monoisotopic (exact) mass is 544 g/mol. The number of ether oxygens (including phenoxy) is 1. The second-order valence-electron chi connectivity index (χ2n) is 6.50. The highest BCUT2D eigenvalue weighted by Gasteiger charge is 2.08. The molecule has 1 amide bonds. The predicted octanol–water partition coefficient (Wildman–Crippen LogP) is 4.29. The van der Waals surface area contributed by atoms with Crippen LogP contribution in [-0.2, 0) is 11.3 Å². The molecule has 164 valence electrons. The van der Waals surface area contributed by atoms with Crippen molar-refractivity contribution < 1.29 is 9.53 Å². The number of carbonyl (C=O) groups is 1. The van der Waals surface area contributed by atoms with Gasteiger partial charge in [-0.1, -0.05) is 35.9 Å². The fourth-order valence-corrected chi connectivity index (χ4v) is 2.79. The van der Waals surface area contributed by atoms with Gasteiger partial charge in [-0.15, -0.1) is 24.0 Å².